The summed E-state index contributed by atoms with van der Waals surface area (Å²) in [7, 11) is 0. The van der Waals surface area contributed by atoms with E-state index in [-0.39, 0.29) is 0 Å². The second kappa shape index (κ2) is 6.43. The monoisotopic (exact) mass is 312 g/mol. The molecule has 0 saturated carbocycles. The minimum Gasteiger partial charge on any atom is -0.379 e. The molecule has 0 aliphatic carbocycles. The van der Waals surface area contributed by atoms with Gasteiger partial charge in [0.25, 0.3) is 0 Å². The fourth-order valence-electron chi connectivity index (χ4n) is 3.45. The Bertz CT molecular complexity index is 635. The average Bonchev–Trinajstić information content (AvgIpc) is 3.06. The molecule has 5 nitrogen and oxygen atoms in total. The van der Waals surface area contributed by atoms with Gasteiger partial charge in [0.2, 0.25) is 0 Å². The quantitative estimate of drug-likeness (QED) is 0.911. The zero-order valence-corrected chi connectivity index (χ0v) is 13.6. The van der Waals surface area contributed by atoms with Crippen LogP contribution < -0.4 is 5.32 Å². The van der Waals surface area contributed by atoms with E-state index >= 15 is 0 Å². The molecule has 2 aromatic rings. The number of H-pyrrole nitrogens is 1. The summed E-state index contributed by atoms with van der Waals surface area (Å²) >= 11 is 0. The van der Waals surface area contributed by atoms with Gasteiger partial charge in [0.1, 0.15) is 5.82 Å². The van der Waals surface area contributed by atoms with Crippen molar-refractivity contribution in [3.05, 3.63) is 41.2 Å². The third kappa shape index (κ3) is 3.04. The topological polar surface area (TPSA) is 53.2 Å². The summed E-state index contributed by atoms with van der Waals surface area (Å²) in [5.74, 6) is 0.990. The van der Waals surface area contributed by atoms with Crippen LogP contribution in [-0.2, 0) is 17.7 Å². The Morgan fingerprint density at radius 3 is 2.70 bits per heavy atom. The number of benzene rings is 1. The molecule has 0 unspecified atom stereocenters. The van der Waals surface area contributed by atoms with Crippen LogP contribution in [0.4, 0.5) is 0 Å². The van der Waals surface area contributed by atoms with Crippen molar-refractivity contribution >= 4 is 0 Å². The molecule has 1 aromatic heterocycles. The van der Waals surface area contributed by atoms with Crippen LogP contribution in [-0.4, -0.2) is 47.7 Å². The normalized spacial score (nSPS) is 20.2. The first-order chi connectivity index (χ1) is 11.3. The number of aromatic nitrogens is 2. The van der Waals surface area contributed by atoms with Gasteiger partial charge in [0, 0.05) is 44.2 Å². The van der Waals surface area contributed by atoms with Crippen LogP contribution >= 0.6 is 0 Å². The van der Waals surface area contributed by atoms with Crippen LogP contribution in [0.5, 0.6) is 0 Å². The number of morpholine rings is 1. The molecule has 0 radical (unpaired) electrons. The summed E-state index contributed by atoms with van der Waals surface area (Å²) in [4.78, 5) is 10.7. The van der Waals surface area contributed by atoms with Gasteiger partial charge >= 0.3 is 0 Å². The minimum atomic E-state index is 0.432. The molecule has 1 saturated heterocycles. The lowest BCUT2D eigenvalue weighted by Crippen LogP contribution is -2.37. The highest BCUT2D eigenvalue weighted by atomic mass is 16.5. The molecular weight excluding hydrogens is 288 g/mol. The first-order valence-electron chi connectivity index (χ1n) is 8.52. The van der Waals surface area contributed by atoms with Crippen LogP contribution in [0, 0.1) is 0 Å². The fourth-order valence-corrected chi connectivity index (χ4v) is 3.45. The maximum Gasteiger partial charge on any atom is 0.137 e. The molecule has 4 rings (SSSR count). The predicted octanol–water partition coefficient (Wildman–Crippen LogP) is 2.12. The highest BCUT2D eigenvalue weighted by Crippen LogP contribution is 2.25. The van der Waals surface area contributed by atoms with Crippen LogP contribution in [0.25, 0.3) is 11.4 Å². The maximum atomic E-state index is 5.44. The fraction of sp³-hybridized carbons (Fsp3) is 0.500. The van der Waals surface area contributed by atoms with Gasteiger partial charge in [-0.1, -0.05) is 24.3 Å². The summed E-state index contributed by atoms with van der Waals surface area (Å²) in [6.45, 7) is 7.91. The van der Waals surface area contributed by atoms with Crippen molar-refractivity contribution in [1.82, 2.24) is 20.2 Å². The third-order valence-corrected chi connectivity index (χ3v) is 4.96. The van der Waals surface area contributed by atoms with Crippen molar-refractivity contribution in [2.75, 3.05) is 32.8 Å². The highest BCUT2D eigenvalue weighted by Gasteiger charge is 2.19. The Morgan fingerprint density at radius 1 is 1.17 bits per heavy atom. The first kappa shape index (κ1) is 14.9. The lowest BCUT2D eigenvalue weighted by molar-refractivity contribution is 0.0198. The van der Waals surface area contributed by atoms with Gasteiger partial charge in [0.05, 0.1) is 24.6 Å². The van der Waals surface area contributed by atoms with Crippen molar-refractivity contribution in [3.63, 3.8) is 0 Å². The summed E-state index contributed by atoms with van der Waals surface area (Å²) in [6, 6.07) is 9.26. The molecule has 1 aromatic carbocycles. The van der Waals surface area contributed by atoms with Gasteiger partial charge in [-0.2, -0.15) is 0 Å². The standard InChI is InChI=1S/C18H24N4O/c1-13(22-8-10-23-11-9-22)14-2-4-15(5-3-14)18-20-16-6-7-19-12-17(16)21-18/h2-5,13,19H,6-12H2,1H3,(H,20,21)/t13-/m1/s1. The number of hydrogen-bond acceptors (Lipinski definition) is 4. The van der Waals surface area contributed by atoms with Gasteiger partial charge < -0.3 is 15.0 Å². The van der Waals surface area contributed by atoms with E-state index in [1.807, 2.05) is 0 Å². The molecule has 1 fully saturated rings. The first-order valence-corrected chi connectivity index (χ1v) is 8.52. The minimum absolute atomic E-state index is 0.432. The molecule has 5 heteroatoms. The Hall–Kier alpha value is -1.69. The lowest BCUT2D eigenvalue weighted by atomic mass is 10.0. The van der Waals surface area contributed by atoms with Gasteiger partial charge in [-0.05, 0) is 12.5 Å². The Kier molecular flexibility index (Phi) is 4.16. The number of fused-ring (bicyclic) bond motifs is 1. The zero-order valence-electron chi connectivity index (χ0n) is 13.6. The molecule has 3 heterocycles. The molecule has 0 spiro atoms. The van der Waals surface area contributed by atoms with E-state index in [4.69, 9.17) is 9.72 Å². The SMILES string of the molecule is C[C@H](c1ccc(-c2nc3c([nH]2)CNCC3)cc1)N1CCOCC1. The van der Waals surface area contributed by atoms with Crippen LogP contribution in [0.3, 0.4) is 0 Å². The van der Waals surface area contributed by atoms with Gasteiger partial charge in [-0.3, -0.25) is 4.90 Å². The molecule has 122 valence electrons. The number of ether oxygens (including phenoxy) is 1. The summed E-state index contributed by atoms with van der Waals surface area (Å²) in [6.07, 6.45) is 1.01. The van der Waals surface area contributed by atoms with Crippen molar-refractivity contribution < 1.29 is 4.74 Å². The summed E-state index contributed by atoms with van der Waals surface area (Å²) in [5.41, 5.74) is 4.97. The molecule has 2 N–H and O–H groups in total. The number of nitrogens with one attached hydrogen (secondary N) is 2. The van der Waals surface area contributed by atoms with E-state index < -0.39 is 0 Å². The van der Waals surface area contributed by atoms with E-state index in [0.29, 0.717) is 6.04 Å². The number of nitrogens with zero attached hydrogens (tertiary/aromatic N) is 2. The Labute approximate surface area is 137 Å². The molecule has 2 aliphatic heterocycles. The molecular formula is C18H24N4O. The highest BCUT2D eigenvalue weighted by molar-refractivity contribution is 5.57. The Morgan fingerprint density at radius 2 is 1.96 bits per heavy atom. The summed E-state index contributed by atoms with van der Waals surface area (Å²) in [5, 5.41) is 3.38. The van der Waals surface area contributed by atoms with Gasteiger partial charge in [-0.15, -0.1) is 0 Å². The molecule has 2 aliphatic rings. The van der Waals surface area contributed by atoms with Gasteiger partial charge in [-0.25, -0.2) is 4.98 Å². The smallest absolute Gasteiger partial charge is 0.137 e. The third-order valence-electron chi connectivity index (χ3n) is 4.96. The summed E-state index contributed by atoms with van der Waals surface area (Å²) < 4.78 is 5.44. The van der Waals surface area contributed by atoms with Crippen molar-refractivity contribution in [2.24, 2.45) is 0 Å². The van der Waals surface area contributed by atoms with Crippen molar-refractivity contribution in [2.45, 2.75) is 25.9 Å². The molecule has 0 amide bonds. The second-order valence-corrected chi connectivity index (χ2v) is 6.38. The van der Waals surface area contributed by atoms with E-state index in [9.17, 15) is 0 Å². The molecule has 23 heavy (non-hydrogen) atoms. The van der Waals surface area contributed by atoms with E-state index in [0.717, 1.165) is 57.2 Å². The van der Waals surface area contributed by atoms with Crippen LogP contribution in [0.15, 0.2) is 24.3 Å². The predicted molar refractivity (Wildman–Crippen MR) is 90.2 cm³/mol. The van der Waals surface area contributed by atoms with Crippen molar-refractivity contribution in [1.29, 1.82) is 0 Å². The van der Waals surface area contributed by atoms with Crippen LogP contribution in [0.2, 0.25) is 0 Å². The van der Waals surface area contributed by atoms with Crippen molar-refractivity contribution in [3.8, 4) is 11.4 Å². The second-order valence-electron chi connectivity index (χ2n) is 6.38. The number of imidazole rings is 1. The van der Waals surface area contributed by atoms with Gasteiger partial charge in [0.15, 0.2) is 0 Å². The van der Waals surface area contributed by atoms with E-state index in [2.05, 4.69) is 46.4 Å². The van der Waals surface area contributed by atoms with Crippen LogP contribution in [0.1, 0.15) is 29.9 Å². The molecule has 1 atom stereocenters. The van der Waals surface area contributed by atoms with E-state index in [1.165, 1.54) is 17.0 Å². The van der Waals surface area contributed by atoms with E-state index in [1.54, 1.807) is 0 Å². The number of hydrogen-bond donors (Lipinski definition) is 2. The Balaban J connectivity index is 1.52. The molecule has 0 bridgehead atoms. The maximum absolute atomic E-state index is 5.44. The lowest BCUT2D eigenvalue weighted by Gasteiger charge is -2.32. The number of aromatic amines is 1. The zero-order chi connectivity index (χ0) is 15.6. The largest absolute Gasteiger partial charge is 0.379 e. The average molecular weight is 312 g/mol. The number of rotatable bonds is 3.